The van der Waals surface area contributed by atoms with Crippen molar-refractivity contribution in [3.8, 4) is 40.9 Å². The molecule has 136 heavy (non-hydrogen) atoms. The van der Waals surface area contributed by atoms with Crippen LogP contribution in [-0.4, -0.2) is 164 Å². The molecule has 0 aliphatic heterocycles. The van der Waals surface area contributed by atoms with Crippen LogP contribution in [0.4, 0.5) is 34.1 Å². The third kappa shape index (κ3) is 30.6. The topological polar surface area (TPSA) is 337 Å². The number of likely N-dealkylation sites (N-methyl/N-ethyl adjacent to an activating group) is 4. The summed E-state index contributed by atoms with van der Waals surface area (Å²) in [6.07, 6.45) is 14.7. The van der Waals surface area contributed by atoms with E-state index >= 15 is 0 Å². The van der Waals surface area contributed by atoms with Gasteiger partial charge in [0.1, 0.15) is 68.9 Å². The van der Waals surface area contributed by atoms with Gasteiger partial charge in [-0.05, 0) is 259 Å². The number of fused-ring (bicyclic) bond motifs is 6. The highest BCUT2D eigenvalue weighted by Gasteiger charge is 2.40. The lowest BCUT2D eigenvalue weighted by molar-refractivity contribution is 0.295. The van der Waals surface area contributed by atoms with E-state index in [0.29, 0.717) is 53.6 Å². The zero-order valence-electron chi connectivity index (χ0n) is 82.8. The smallest absolute Gasteiger partial charge is 0.465 e. The van der Waals surface area contributed by atoms with Crippen LogP contribution in [-0.2, 0) is 17.7 Å². The average Bonchev–Trinajstić information content (AvgIpc) is 1.63. The number of nitrogen functional groups attached to an aromatic ring is 1. The molecule has 0 bridgehead atoms. The Kier molecular flexibility index (Phi) is 39.3. The Morgan fingerprint density at radius 3 is 1.11 bits per heavy atom. The van der Waals surface area contributed by atoms with Crippen LogP contribution in [0.25, 0.3) is 88.5 Å². The molecule has 0 spiro atoms. The molecular weight excluding hydrogens is 1890 g/mol. The van der Waals surface area contributed by atoms with Crippen molar-refractivity contribution < 1.29 is 59.4 Å². The van der Waals surface area contributed by atoms with Gasteiger partial charge in [0.15, 0.2) is 33.3 Å². The normalized spacial score (nSPS) is 11.7. The van der Waals surface area contributed by atoms with Gasteiger partial charge in [0.25, 0.3) is 0 Å². The molecule has 9 aromatic heterocycles. The average molecular weight is 2030 g/mol. The van der Waals surface area contributed by atoms with E-state index in [1.54, 1.807) is 68.0 Å². The highest BCUT2D eigenvalue weighted by atomic mass is 127. The van der Waals surface area contributed by atoms with Crippen LogP contribution in [0.15, 0.2) is 246 Å². The van der Waals surface area contributed by atoms with Gasteiger partial charge >= 0.3 is 7.12 Å². The second kappa shape index (κ2) is 48.6. The lowest BCUT2D eigenvalue weighted by Crippen LogP contribution is -2.42. The van der Waals surface area contributed by atoms with Crippen molar-refractivity contribution in [2.24, 2.45) is 0 Å². The molecule has 0 radical (unpaired) electrons. The number of aliphatic hydroxyl groups is 1. The summed E-state index contributed by atoms with van der Waals surface area (Å²) in [5.41, 5.74) is 20.0. The minimum Gasteiger partial charge on any atom is -0.465 e. The molecule has 0 atom stereocenters. The predicted octanol–water partition coefficient (Wildman–Crippen LogP) is 25.2. The molecule has 15 aromatic rings. The van der Waals surface area contributed by atoms with Gasteiger partial charge in [-0.25, -0.2) is 0 Å². The first-order chi connectivity index (χ1) is 63.6. The second-order valence-corrected chi connectivity index (χ2v) is 59.6. The molecule has 0 saturated heterocycles. The SMILES string of the molecule is C.CC(C)(C)[Si](C)(C)OCCNc1ccc2occc2c1.CN(CCO)c1ccc2oc(-c3ccncc3C#N)cc2c1.CN(CCO[Si](C)(C)C(C)(C)C)c1ccc2oc(-c3ccncc3C#N)cc2c1.CN(CCO[Si](C)(C)C(C)(C)C)c1ccc2oc(B(O)O)cc2c1.CN(CCO[Si](C)(C)C(C)(C)C)c1ccc2occc2c1.N#Cc1cnccc1I.Nc1ccc2occc2c1. The van der Waals surface area contributed by atoms with Crippen molar-refractivity contribution >= 4 is 169 Å². The van der Waals surface area contributed by atoms with Gasteiger partial charge in [-0.15, -0.1) is 0 Å². The highest BCUT2D eigenvalue weighted by Crippen LogP contribution is 2.42. The number of rotatable bonds is 26. The van der Waals surface area contributed by atoms with Crippen molar-refractivity contribution in [3.05, 3.63) is 240 Å². The lowest BCUT2D eigenvalue weighted by Gasteiger charge is -2.36. The fraction of sp³-hybridized carbons (Fsp3) is 0.371. The number of nitrogens with two attached hydrogens (primary N) is 1. The number of furan rings is 6. The second-order valence-electron chi connectivity index (χ2n) is 39.2. The van der Waals surface area contributed by atoms with Crippen molar-refractivity contribution in [1.29, 1.82) is 15.8 Å². The number of pyridine rings is 3. The maximum absolute atomic E-state index is 9.31. The Balaban J connectivity index is 0.000000199. The number of nitrogens with one attached hydrogen (secondary N) is 1. The number of nitriles is 3. The zero-order valence-corrected chi connectivity index (χ0v) is 88.9. The highest BCUT2D eigenvalue weighted by molar-refractivity contribution is 14.1. The van der Waals surface area contributed by atoms with Crippen molar-refractivity contribution in [3.63, 3.8) is 0 Å². The molecule has 0 amide bonds. The standard InChI is InChI=1S/C23H29N3O2Si.C17H28BNO4Si.C17H15N3O2.C17H27NO2Si.C16H25NO2Si.C8H7NO.C6H3IN2.CH4/c1-23(2,3)29(5,6)27-12-11-26(4)19-7-8-21-17(13-19)14-22(28-21)20-9-10-25-16-18(20)15-24;1-17(2,3)24(5,6)22-10-9-19(4)14-7-8-15-13(11-14)12-16(23-15)18(20)21;1-20(6-7-21)14-2-3-16-12(8-14)9-17(22-16)15-4-5-19-11-13(15)10-18;1-17(2,3)21(5,6)20-12-10-18(4)15-7-8-16-14(13-15)9-11-19-16;1-16(2,3)20(4,5)19-11-9-17-14-6-7-15-13(12-14)8-10-18-15;9-7-1-2-8-6(5-7)3-4-10-8;7-6-1-2-9-4-5(6)3-8;/h7-10,13-14,16H,11-12H2,1-6H3;7-8,11-12,20-21H,9-10H2,1-6H3;2-5,8-9,11,21H,6-7H2,1H3;7-9,11,13H,10,12H2,1-6H3;6-8,10,12,17H,9,11H2,1-5H3;1-5H,9H2;1-2,4H;1H4. The molecule has 0 saturated carbocycles. The number of halogens is 1. The first kappa shape index (κ1) is 110. The molecule has 0 unspecified atom stereocenters. The van der Waals surface area contributed by atoms with Gasteiger partial charge in [-0.3, -0.25) is 15.0 Å². The molecule has 15 rings (SSSR count). The van der Waals surface area contributed by atoms with Gasteiger partial charge in [0.2, 0.25) is 0 Å². The Labute approximate surface area is 821 Å². The first-order valence-electron chi connectivity index (χ1n) is 45.1. The summed E-state index contributed by atoms with van der Waals surface area (Å²) in [5.74, 6) is 1.33. The van der Waals surface area contributed by atoms with Crippen molar-refractivity contribution in [2.45, 2.75) is 163 Å². The van der Waals surface area contributed by atoms with Gasteiger partial charge in [-0.2, -0.15) is 15.8 Å². The third-order valence-electron chi connectivity index (χ3n) is 25.4. The number of aromatic nitrogens is 3. The fourth-order valence-corrected chi connectivity index (χ4v) is 17.2. The van der Waals surface area contributed by atoms with E-state index in [1.165, 1.54) is 11.9 Å². The number of hydrogen-bond acceptors (Lipinski definition) is 25. The molecule has 31 heteroatoms. The van der Waals surface area contributed by atoms with E-state index in [2.05, 4.69) is 250 Å². The largest absolute Gasteiger partial charge is 0.526 e. The van der Waals surface area contributed by atoms with Crippen LogP contribution < -0.4 is 36.3 Å². The molecular formula is C105H138BIN12O13Si4. The van der Waals surface area contributed by atoms with Gasteiger partial charge in [-0.1, -0.05) is 90.5 Å². The molecule has 0 fully saturated rings. The minimum absolute atomic E-state index is 0. The van der Waals surface area contributed by atoms with Crippen molar-refractivity contribution in [1.82, 2.24) is 15.0 Å². The van der Waals surface area contributed by atoms with Crippen LogP contribution in [0.2, 0.25) is 72.5 Å². The van der Waals surface area contributed by atoms with E-state index in [0.717, 1.165) is 143 Å². The summed E-state index contributed by atoms with van der Waals surface area (Å²) in [7, 11) is -0.184. The quantitative estimate of drug-likeness (QED) is 0.0145. The Morgan fingerprint density at radius 1 is 0.404 bits per heavy atom. The molecule has 6 aromatic carbocycles. The summed E-state index contributed by atoms with van der Waals surface area (Å²) in [5, 5.41) is 64.8. The summed E-state index contributed by atoms with van der Waals surface area (Å²) in [6.45, 7) is 52.3. The number of anilines is 6. The Morgan fingerprint density at radius 2 is 0.735 bits per heavy atom. The maximum atomic E-state index is 9.31. The predicted molar refractivity (Wildman–Crippen MR) is 577 cm³/mol. The maximum Gasteiger partial charge on any atom is 0.526 e. The number of benzene rings is 6. The Bertz CT molecular complexity index is 6480. The van der Waals surface area contributed by atoms with Gasteiger partial charge < -0.3 is 90.0 Å². The fourth-order valence-electron chi connectivity index (χ4n) is 12.7. The van der Waals surface area contributed by atoms with Gasteiger partial charge in [0.05, 0.1) is 68.5 Å². The zero-order chi connectivity index (χ0) is 99.0. The van der Waals surface area contributed by atoms with Crippen LogP contribution in [0.1, 0.15) is 107 Å². The van der Waals surface area contributed by atoms with E-state index in [4.69, 9.17) is 65.6 Å². The Hall–Kier alpha value is -11.3. The monoisotopic (exact) mass is 2020 g/mol. The minimum atomic E-state index is -1.73. The van der Waals surface area contributed by atoms with E-state index in [1.807, 2.05) is 140 Å². The molecule has 25 nitrogen and oxygen atoms in total. The number of aliphatic hydroxyl groups excluding tert-OH is 1. The molecule has 722 valence electrons. The number of nitrogens with zero attached hydrogens (tertiary/aromatic N) is 10. The van der Waals surface area contributed by atoms with Crippen LogP contribution in [0.3, 0.4) is 0 Å². The van der Waals surface area contributed by atoms with Gasteiger partial charge in [0, 0.05) is 179 Å². The van der Waals surface area contributed by atoms with Crippen LogP contribution in [0, 0.1) is 37.6 Å². The van der Waals surface area contributed by atoms with Crippen LogP contribution in [0.5, 0.6) is 0 Å². The first-order valence-corrected chi connectivity index (χ1v) is 57.9. The van der Waals surface area contributed by atoms with E-state index < -0.39 is 40.4 Å². The number of hydrogen-bond donors (Lipinski definition) is 5. The molecule has 9 heterocycles. The third-order valence-corrected chi connectivity index (χ3v) is 44.5. The van der Waals surface area contributed by atoms with E-state index in [-0.39, 0.29) is 39.8 Å². The summed E-state index contributed by atoms with van der Waals surface area (Å²) < 4.78 is 58.9. The van der Waals surface area contributed by atoms with E-state index in [9.17, 15) is 15.3 Å². The molecule has 0 aliphatic rings. The summed E-state index contributed by atoms with van der Waals surface area (Å²) in [6, 6.07) is 58.9. The molecule has 0 aliphatic carbocycles. The van der Waals surface area contributed by atoms with Crippen LogP contribution >= 0.6 is 22.6 Å². The van der Waals surface area contributed by atoms with Crippen molar-refractivity contribution in [2.75, 3.05) is 125 Å². The summed E-state index contributed by atoms with van der Waals surface area (Å²) >= 11 is 2.10. The molecule has 6 N–H and O–H groups in total. The summed E-state index contributed by atoms with van der Waals surface area (Å²) in [4.78, 5) is 20.3. The lowest BCUT2D eigenvalue weighted by atomic mass is 9.88.